The van der Waals surface area contributed by atoms with Crippen LogP contribution in [0.4, 0.5) is 0 Å². The first-order valence-corrected chi connectivity index (χ1v) is 15.6. The number of hydrogen-bond acceptors (Lipinski definition) is 7. The number of hydrogen-bond donors (Lipinski definition) is 0. The number of ether oxygens (including phenoxy) is 7. The Morgan fingerprint density at radius 1 is 0.610 bits per heavy atom. The van der Waals surface area contributed by atoms with Crippen LogP contribution in [0.15, 0.2) is 81.8 Å². The minimum atomic E-state index is -0.776. The average molecular weight is 692 g/mol. The molecule has 8 atom stereocenters. The van der Waals surface area contributed by atoms with E-state index in [0.717, 1.165) is 20.1 Å². The van der Waals surface area contributed by atoms with E-state index in [1.807, 2.05) is 101 Å². The molecule has 2 fully saturated rings. The van der Waals surface area contributed by atoms with E-state index >= 15 is 0 Å². The van der Waals surface area contributed by atoms with Gasteiger partial charge in [0.25, 0.3) is 0 Å². The fourth-order valence-corrected chi connectivity index (χ4v) is 7.10. The van der Waals surface area contributed by atoms with E-state index in [0.29, 0.717) is 13.2 Å². The van der Waals surface area contributed by atoms with Crippen LogP contribution in [0.3, 0.4) is 0 Å². The Kier molecular flexibility index (Phi) is 8.64. The summed E-state index contributed by atoms with van der Waals surface area (Å²) >= 11 is 7.48. The summed E-state index contributed by atoms with van der Waals surface area (Å²) in [5, 5.41) is 0. The molecule has 2 heterocycles. The normalized spacial score (nSPS) is 35.4. The molecule has 2 aliphatic carbocycles. The number of rotatable bonds is 8. The molecule has 9 heteroatoms. The Morgan fingerprint density at radius 3 is 1.61 bits per heavy atom. The second kappa shape index (κ2) is 11.9. The number of fused-ring (bicyclic) bond motifs is 2. The van der Waals surface area contributed by atoms with Gasteiger partial charge in [-0.15, -0.1) is 0 Å². The highest BCUT2D eigenvalue weighted by Gasteiger charge is 2.56. The molecule has 2 aliphatic heterocycles. The summed E-state index contributed by atoms with van der Waals surface area (Å²) in [4.78, 5) is 0. The van der Waals surface area contributed by atoms with Crippen molar-refractivity contribution in [1.29, 1.82) is 0 Å². The van der Waals surface area contributed by atoms with E-state index in [2.05, 4.69) is 31.9 Å². The van der Waals surface area contributed by atoms with Gasteiger partial charge in [0.1, 0.15) is 48.8 Å². The third kappa shape index (κ3) is 6.59. The van der Waals surface area contributed by atoms with Crippen molar-refractivity contribution in [2.24, 2.45) is 0 Å². The fourth-order valence-electron chi connectivity index (χ4n) is 5.87. The van der Waals surface area contributed by atoms with Gasteiger partial charge in [0.2, 0.25) is 0 Å². The van der Waals surface area contributed by atoms with Crippen molar-refractivity contribution in [2.45, 2.75) is 101 Å². The van der Waals surface area contributed by atoms with E-state index < -0.39 is 42.1 Å². The van der Waals surface area contributed by atoms with Gasteiger partial charge in [-0.25, -0.2) is 0 Å². The Bertz CT molecular complexity index is 1270. The van der Waals surface area contributed by atoms with Gasteiger partial charge < -0.3 is 33.2 Å². The van der Waals surface area contributed by atoms with Crippen molar-refractivity contribution in [1.82, 2.24) is 0 Å². The maximum absolute atomic E-state index is 6.97. The van der Waals surface area contributed by atoms with Crippen LogP contribution in [-0.2, 0) is 46.4 Å². The first-order chi connectivity index (χ1) is 19.6. The van der Waals surface area contributed by atoms with Crippen LogP contribution >= 0.6 is 31.9 Å². The molecule has 2 saturated heterocycles. The summed E-state index contributed by atoms with van der Waals surface area (Å²) < 4.78 is 47.2. The zero-order chi connectivity index (χ0) is 28.8. The Balaban J connectivity index is 1.30. The van der Waals surface area contributed by atoms with Gasteiger partial charge in [0.15, 0.2) is 11.6 Å². The molecular formula is C32H36Br2O7. The highest BCUT2D eigenvalue weighted by Crippen LogP contribution is 2.45. The molecule has 2 aromatic carbocycles. The van der Waals surface area contributed by atoms with E-state index in [1.165, 1.54) is 0 Å². The first kappa shape index (κ1) is 29.7. The van der Waals surface area contributed by atoms with Crippen molar-refractivity contribution < 1.29 is 33.2 Å². The lowest BCUT2D eigenvalue weighted by molar-refractivity contribution is -0.206. The lowest BCUT2D eigenvalue weighted by atomic mass is 9.92. The van der Waals surface area contributed by atoms with Crippen LogP contribution in [0.5, 0.6) is 0 Å². The van der Waals surface area contributed by atoms with Crippen molar-refractivity contribution in [3.63, 3.8) is 0 Å². The van der Waals surface area contributed by atoms with Crippen molar-refractivity contribution >= 4 is 31.9 Å². The van der Waals surface area contributed by atoms with Crippen molar-refractivity contribution in [3.8, 4) is 0 Å². The van der Waals surface area contributed by atoms with Crippen LogP contribution in [0, 0.1) is 0 Å². The maximum Gasteiger partial charge on any atom is 0.164 e. The Morgan fingerprint density at radius 2 is 1.07 bits per heavy atom. The van der Waals surface area contributed by atoms with Crippen LogP contribution in [0.2, 0.25) is 0 Å². The van der Waals surface area contributed by atoms with Gasteiger partial charge >= 0.3 is 0 Å². The third-order valence-electron chi connectivity index (χ3n) is 7.63. The minimum Gasteiger partial charge on any atom is -0.368 e. The molecule has 0 aromatic heterocycles. The molecule has 6 rings (SSSR count). The highest BCUT2D eigenvalue weighted by atomic mass is 79.9. The molecule has 7 nitrogen and oxygen atoms in total. The molecular weight excluding hydrogens is 656 g/mol. The van der Waals surface area contributed by atoms with Gasteiger partial charge in [-0.2, -0.15) is 0 Å². The second-order valence-electron chi connectivity index (χ2n) is 11.7. The molecule has 220 valence electrons. The monoisotopic (exact) mass is 690 g/mol. The molecule has 0 saturated carbocycles. The van der Waals surface area contributed by atoms with Crippen LogP contribution < -0.4 is 0 Å². The quantitative estimate of drug-likeness (QED) is 0.312. The van der Waals surface area contributed by atoms with Gasteiger partial charge in [0.05, 0.1) is 13.2 Å². The topological polar surface area (TPSA) is 64.6 Å². The van der Waals surface area contributed by atoms with Gasteiger partial charge in [-0.3, -0.25) is 0 Å². The van der Waals surface area contributed by atoms with Gasteiger partial charge in [0, 0.05) is 8.96 Å². The molecule has 7 unspecified atom stereocenters. The van der Waals surface area contributed by atoms with E-state index in [4.69, 9.17) is 33.2 Å². The summed E-state index contributed by atoms with van der Waals surface area (Å²) in [7, 11) is 0. The predicted molar refractivity (Wildman–Crippen MR) is 160 cm³/mol. The van der Waals surface area contributed by atoms with Crippen molar-refractivity contribution in [3.05, 3.63) is 92.9 Å². The van der Waals surface area contributed by atoms with Crippen molar-refractivity contribution in [2.75, 3.05) is 0 Å². The predicted octanol–water partition coefficient (Wildman–Crippen LogP) is 6.54. The zero-order valence-corrected chi connectivity index (χ0v) is 26.7. The van der Waals surface area contributed by atoms with E-state index in [9.17, 15) is 0 Å². The molecule has 0 amide bonds. The summed E-state index contributed by atoms with van der Waals surface area (Å²) in [5.74, 6) is -1.54. The standard InChI is InChI=1S/C32H36Br2O7/c1-31(2)38-25-22(34)16-24(27(29(25)40-31)36-18-20-13-9-6-10-14-20)37-28-23(35-17-19-11-7-5-8-12-19)15-21(33)26-30(28)41-32(3,4)39-26/h5-16,23-30H,17-18H2,1-4H3/t23?,24?,25?,26?,27?,28-,29?,30?/m1/s1. The fraction of sp³-hybridized carbons (Fsp3) is 0.500. The van der Waals surface area contributed by atoms with Crippen LogP contribution in [0.1, 0.15) is 38.8 Å². The molecule has 0 N–H and O–H groups in total. The molecule has 0 spiro atoms. The molecule has 0 bridgehead atoms. The largest absolute Gasteiger partial charge is 0.368 e. The lowest BCUT2D eigenvalue weighted by Gasteiger charge is -2.41. The lowest BCUT2D eigenvalue weighted by Crippen LogP contribution is -2.55. The van der Waals surface area contributed by atoms with Crippen LogP contribution in [0.25, 0.3) is 0 Å². The third-order valence-corrected chi connectivity index (χ3v) is 9.06. The number of benzene rings is 2. The van der Waals surface area contributed by atoms with E-state index in [-0.39, 0.29) is 18.3 Å². The zero-order valence-electron chi connectivity index (χ0n) is 23.6. The summed E-state index contributed by atoms with van der Waals surface area (Å²) in [6, 6.07) is 20.2. The average Bonchev–Trinajstić information content (AvgIpc) is 3.45. The SMILES string of the molecule is CC1(C)OC2C(Br)=CC(O[C@@H]3C(OCc4ccccc4)C=C(Br)C4OC(C)(C)OC43)C(OCc3ccccc3)C2O1. The van der Waals surface area contributed by atoms with Gasteiger partial charge in [-0.1, -0.05) is 92.5 Å². The molecule has 2 aromatic rings. The van der Waals surface area contributed by atoms with Crippen LogP contribution in [-0.4, -0.2) is 60.4 Å². The first-order valence-electron chi connectivity index (χ1n) is 14.0. The highest BCUT2D eigenvalue weighted by molar-refractivity contribution is 9.12. The van der Waals surface area contributed by atoms with E-state index in [1.54, 1.807) is 0 Å². The maximum atomic E-state index is 6.97. The summed E-state index contributed by atoms with van der Waals surface area (Å²) in [5.41, 5.74) is 2.14. The number of halogens is 2. The summed E-state index contributed by atoms with van der Waals surface area (Å²) in [6.07, 6.45) is 0.865. The molecule has 4 aliphatic rings. The molecule has 0 radical (unpaired) electrons. The Labute approximate surface area is 258 Å². The second-order valence-corrected chi connectivity index (χ2v) is 13.6. The Hall–Kier alpha value is -1.40. The minimum absolute atomic E-state index is 0.297. The van der Waals surface area contributed by atoms with Gasteiger partial charge in [-0.05, 0) is 51.0 Å². The summed E-state index contributed by atoms with van der Waals surface area (Å²) in [6.45, 7) is 8.51. The molecule has 41 heavy (non-hydrogen) atoms. The smallest absolute Gasteiger partial charge is 0.164 e.